The highest BCUT2D eigenvalue weighted by Crippen LogP contribution is 2.25. The van der Waals surface area contributed by atoms with Crippen molar-refractivity contribution in [1.82, 2.24) is 0 Å². The highest BCUT2D eigenvalue weighted by atomic mass is 35.5. The molecule has 1 aliphatic rings. The van der Waals surface area contributed by atoms with Crippen LogP contribution in [0.3, 0.4) is 0 Å². The van der Waals surface area contributed by atoms with Crippen LogP contribution in [0.25, 0.3) is 0 Å². The first kappa shape index (κ1) is 10.8. The van der Waals surface area contributed by atoms with Crippen molar-refractivity contribution in [2.24, 2.45) is 0 Å². The summed E-state index contributed by atoms with van der Waals surface area (Å²) in [6.07, 6.45) is 8.04. The average molecular weight is 224 g/mol. The summed E-state index contributed by atoms with van der Waals surface area (Å²) in [6.45, 7) is 0. The van der Waals surface area contributed by atoms with Crippen molar-refractivity contribution >= 4 is 17.3 Å². The number of anilines is 1. The summed E-state index contributed by atoms with van der Waals surface area (Å²) in [5.41, 5.74) is 1.09. The first-order chi connectivity index (χ1) is 7.36. The quantitative estimate of drug-likeness (QED) is 0.730. The van der Waals surface area contributed by atoms with E-state index < -0.39 is 0 Å². The van der Waals surface area contributed by atoms with Crippen molar-refractivity contribution in [3.05, 3.63) is 29.3 Å². The molecular formula is C13H18ClN. The molecule has 82 valence electrons. The van der Waals surface area contributed by atoms with Crippen molar-refractivity contribution < 1.29 is 0 Å². The number of nitrogens with one attached hydrogen (secondary N) is 1. The number of hydrogen-bond donors (Lipinski definition) is 1. The first-order valence-corrected chi connectivity index (χ1v) is 6.25. The highest BCUT2D eigenvalue weighted by Gasteiger charge is 2.12. The Labute approximate surface area is 96.8 Å². The van der Waals surface area contributed by atoms with Gasteiger partial charge in [0, 0.05) is 6.04 Å². The third-order valence-electron chi connectivity index (χ3n) is 3.09. The number of rotatable bonds is 2. The lowest BCUT2D eigenvalue weighted by Crippen LogP contribution is -2.18. The minimum absolute atomic E-state index is 0.618. The van der Waals surface area contributed by atoms with Gasteiger partial charge in [-0.25, -0.2) is 0 Å². The van der Waals surface area contributed by atoms with Crippen LogP contribution in [-0.2, 0) is 0 Å². The summed E-state index contributed by atoms with van der Waals surface area (Å²) in [5, 5.41) is 4.39. The van der Waals surface area contributed by atoms with Crippen molar-refractivity contribution in [2.75, 3.05) is 5.32 Å². The second-order valence-electron chi connectivity index (χ2n) is 4.31. The summed E-state index contributed by atoms with van der Waals surface area (Å²) in [5.74, 6) is 0. The monoisotopic (exact) mass is 223 g/mol. The molecule has 1 aromatic rings. The molecule has 0 saturated heterocycles. The maximum absolute atomic E-state index is 6.12. The van der Waals surface area contributed by atoms with Gasteiger partial charge in [-0.3, -0.25) is 0 Å². The number of benzene rings is 1. The number of hydrogen-bond acceptors (Lipinski definition) is 1. The third kappa shape index (κ3) is 3.13. The van der Waals surface area contributed by atoms with Gasteiger partial charge in [0.2, 0.25) is 0 Å². The summed E-state index contributed by atoms with van der Waals surface area (Å²) in [6, 6.07) is 8.63. The van der Waals surface area contributed by atoms with Gasteiger partial charge in [0.25, 0.3) is 0 Å². The van der Waals surface area contributed by atoms with Gasteiger partial charge in [0.15, 0.2) is 0 Å². The van der Waals surface area contributed by atoms with Gasteiger partial charge in [-0.05, 0) is 25.0 Å². The lowest BCUT2D eigenvalue weighted by molar-refractivity contribution is 0.620. The van der Waals surface area contributed by atoms with Gasteiger partial charge in [-0.1, -0.05) is 49.4 Å². The smallest absolute Gasteiger partial charge is 0.0637 e. The summed E-state index contributed by atoms with van der Waals surface area (Å²) in [7, 11) is 0. The van der Waals surface area contributed by atoms with E-state index in [1.165, 1.54) is 38.5 Å². The molecule has 2 heteroatoms. The van der Waals surface area contributed by atoms with E-state index in [1.54, 1.807) is 0 Å². The molecule has 2 rings (SSSR count). The lowest BCUT2D eigenvalue weighted by Gasteiger charge is -2.18. The Morgan fingerprint density at radius 3 is 2.33 bits per heavy atom. The fourth-order valence-electron chi connectivity index (χ4n) is 2.22. The summed E-state index contributed by atoms with van der Waals surface area (Å²) >= 11 is 6.12. The zero-order chi connectivity index (χ0) is 10.5. The molecule has 15 heavy (non-hydrogen) atoms. The molecule has 0 spiro atoms. The molecule has 0 aromatic heterocycles. The summed E-state index contributed by atoms with van der Waals surface area (Å²) in [4.78, 5) is 0. The van der Waals surface area contributed by atoms with Gasteiger partial charge in [0.1, 0.15) is 0 Å². The van der Waals surface area contributed by atoms with E-state index in [0.29, 0.717) is 6.04 Å². The maximum Gasteiger partial charge on any atom is 0.0637 e. The van der Waals surface area contributed by atoms with Crippen LogP contribution < -0.4 is 5.32 Å². The minimum atomic E-state index is 0.618. The van der Waals surface area contributed by atoms with E-state index >= 15 is 0 Å². The van der Waals surface area contributed by atoms with Crippen LogP contribution in [0.4, 0.5) is 5.69 Å². The second-order valence-corrected chi connectivity index (χ2v) is 4.72. The predicted octanol–water partition coefficient (Wildman–Crippen LogP) is 4.47. The molecule has 0 amide bonds. The predicted molar refractivity (Wildman–Crippen MR) is 66.6 cm³/mol. The SMILES string of the molecule is Clc1ccccc1NC1CCCCCC1. The second kappa shape index (κ2) is 5.41. The molecule has 0 heterocycles. The van der Waals surface area contributed by atoms with E-state index in [4.69, 9.17) is 11.6 Å². The zero-order valence-electron chi connectivity index (χ0n) is 9.01. The van der Waals surface area contributed by atoms with Gasteiger partial charge in [-0.2, -0.15) is 0 Å². The van der Waals surface area contributed by atoms with E-state index in [0.717, 1.165) is 10.7 Å². The van der Waals surface area contributed by atoms with Crippen LogP contribution in [0.15, 0.2) is 24.3 Å². The van der Waals surface area contributed by atoms with Crippen LogP contribution in [0.2, 0.25) is 5.02 Å². The standard InChI is InChI=1S/C13H18ClN/c14-12-9-5-6-10-13(12)15-11-7-3-1-2-4-8-11/h5-6,9-11,15H,1-4,7-8H2. The first-order valence-electron chi connectivity index (χ1n) is 5.87. The molecule has 1 N–H and O–H groups in total. The summed E-state index contributed by atoms with van der Waals surface area (Å²) < 4.78 is 0. The Morgan fingerprint density at radius 2 is 1.67 bits per heavy atom. The molecular weight excluding hydrogens is 206 g/mol. The van der Waals surface area contributed by atoms with Crippen molar-refractivity contribution in [3.8, 4) is 0 Å². The van der Waals surface area contributed by atoms with Crippen LogP contribution in [0.1, 0.15) is 38.5 Å². The van der Waals surface area contributed by atoms with Crippen molar-refractivity contribution in [2.45, 2.75) is 44.6 Å². The van der Waals surface area contributed by atoms with Crippen LogP contribution in [0, 0.1) is 0 Å². The molecule has 1 aromatic carbocycles. The Bertz CT molecular complexity index is 303. The minimum Gasteiger partial charge on any atom is -0.381 e. The van der Waals surface area contributed by atoms with Gasteiger partial charge in [0.05, 0.1) is 10.7 Å². The van der Waals surface area contributed by atoms with E-state index in [1.807, 2.05) is 18.2 Å². The van der Waals surface area contributed by atoms with Crippen molar-refractivity contribution in [1.29, 1.82) is 0 Å². The normalized spacial score (nSPS) is 18.5. The largest absolute Gasteiger partial charge is 0.381 e. The van der Waals surface area contributed by atoms with Crippen LogP contribution in [-0.4, -0.2) is 6.04 Å². The molecule has 1 fully saturated rings. The van der Waals surface area contributed by atoms with Gasteiger partial charge >= 0.3 is 0 Å². The zero-order valence-corrected chi connectivity index (χ0v) is 9.76. The Balaban J connectivity index is 1.98. The molecule has 0 unspecified atom stereocenters. The van der Waals surface area contributed by atoms with E-state index in [9.17, 15) is 0 Å². The maximum atomic E-state index is 6.12. The van der Waals surface area contributed by atoms with Crippen molar-refractivity contribution in [3.63, 3.8) is 0 Å². The molecule has 1 saturated carbocycles. The fourth-order valence-corrected chi connectivity index (χ4v) is 2.41. The Morgan fingerprint density at radius 1 is 1.00 bits per heavy atom. The fraction of sp³-hybridized carbons (Fsp3) is 0.538. The number of para-hydroxylation sites is 1. The van der Waals surface area contributed by atoms with Crippen LogP contribution in [0.5, 0.6) is 0 Å². The van der Waals surface area contributed by atoms with Gasteiger partial charge in [-0.15, -0.1) is 0 Å². The average Bonchev–Trinajstić information content (AvgIpc) is 2.50. The lowest BCUT2D eigenvalue weighted by atomic mass is 10.1. The van der Waals surface area contributed by atoms with E-state index in [2.05, 4.69) is 11.4 Å². The van der Waals surface area contributed by atoms with E-state index in [-0.39, 0.29) is 0 Å². The van der Waals surface area contributed by atoms with Crippen LogP contribution >= 0.6 is 11.6 Å². The Kier molecular flexibility index (Phi) is 3.90. The van der Waals surface area contributed by atoms with Gasteiger partial charge < -0.3 is 5.32 Å². The molecule has 0 radical (unpaired) electrons. The Hall–Kier alpha value is -0.690. The highest BCUT2D eigenvalue weighted by molar-refractivity contribution is 6.33. The molecule has 0 aliphatic heterocycles. The molecule has 0 bridgehead atoms. The molecule has 1 nitrogen and oxygen atoms in total. The third-order valence-corrected chi connectivity index (χ3v) is 3.42. The topological polar surface area (TPSA) is 12.0 Å². The number of halogens is 1. The molecule has 0 atom stereocenters. The molecule has 1 aliphatic carbocycles.